The van der Waals surface area contributed by atoms with E-state index in [1.54, 1.807) is 18.3 Å². The van der Waals surface area contributed by atoms with Crippen LogP contribution in [0.15, 0.2) is 23.1 Å². The summed E-state index contributed by atoms with van der Waals surface area (Å²) < 4.78 is 0. The molecule has 0 saturated heterocycles. The summed E-state index contributed by atoms with van der Waals surface area (Å²) in [6, 6.07) is 3.23. The van der Waals surface area contributed by atoms with Crippen molar-refractivity contribution in [1.29, 1.82) is 0 Å². The fraction of sp³-hybridized carbons (Fsp3) is 0.545. The molecule has 1 saturated carbocycles. The van der Waals surface area contributed by atoms with Gasteiger partial charge in [0, 0.05) is 6.20 Å². The van der Waals surface area contributed by atoms with Crippen molar-refractivity contribution in [3.05, 3.63) is 28.7 Å². The van der Waals surface area contributed by atoms with Gasteiger partial charge in [-0.2, -0.15) is 0 Å². The maximum atomic E-state index is 10.4. The van der Waals surface area contributed by atoms with Crippen LogP contribution in [0.5, 0.6) is 0 Å². The van der Waals surface area contributed by atoms with E-state index in [4.69, 9.17) is 10.8 Å². The maximum absolute atomic E-state index is 10.4. The summed E-state index contributed by atoms with van der Waals surface area (Å²) >= 11 is 0. The van der Waals surface area contributed by atoms with Gasteiger partial charge in [0.25, 0.3) is 5.56 Å². The lowest BCUT2D eigenvalue weighted by Gasteiger charge is -2.14. The first-order chi connectivity index (χ1) is 7.20. The zero-order chi connectivity index (χ0) is 11.1. The number of nitrogens with two attached hydrogens (primary N) is 1. The van der Waals surface area contributed by atoms with Gasteiger partial charge in [0.05, 0.1) is 11.8 Å². The number of pyridine rings is 1. The van der Waals surface area contributed by atoms with E-state index in [1.165, 1.54) is 19.3 Å². The topological polar surface area (TPSA) is 79.1 Å². The molecule has 4 nitrogen and oxygen atoms in total. The third-order valence-electron chi connectivity index (χ3n) is 2.42. The van der Waals surface area contributed by atoms with Crippen LogP contribution in [-0.4, -0.2) is 16.2 Å². The molecule has 0 amide bonds. The summed E-state index contributed by atoms with van der Waals surface area (Å²) in [7, 11) is 0. The Morgan fingerprint density at radius 2 is 2.00 bits per heavy atom. The average Bonchev–Trinajstić information content (AvgIpc) is 2.25. The minimum atomic E-state index is -0.229. The van der Waals surface area contributed by atoms with Crippen LogP contribution in [0.4, 0.5) is 5.69 Å². The quantitative estimate of drug-likeness (QED) is 0.603. The molecule has 1 aliphatic rings. The second kappa shape index (κ2) is 6.24. The largest absolute Gasteiger partial charge is 0.394 e. The molecule has 4 N–H and O–H groups in total. The highest BCUT2D eigenvalue weighted by Crippen LogP contribution is 2.16. The Kier molecular flexibility index (Phi) is 4.90. The number of hydrogen-bond donors (Lipinski definition) is 3. The predicted octanol–water partition coefficient (Wildman–Crippen LogP) is 1.27. The minimum absolute atomic E-state index is 0.0359. The highest BCUT2D eigenvalue weighted by atomic mass is 16.3. The molecule has 0 atom stereocenters. The van der Waals surface area contributed by atoms with E-state index in [0.717, 1.165) is 12.8 Å². The number of aliphatic hydroxyl groups excluding tert-OH is 1. The lowest BCUT2D eigenvalue weighted by molar-refractivity contribution is 0.130. The Hall–Kier alpha value is -1.29. The smallest absolute Gasteiger partial charge is 0.271 e. The van der Waals surface area contributed by atoms with E-state index < -0.39 is 0 Å². The number of aromatic nitrogens is 1. The number of rotatable bonds is 0. The summed E-state index contributed by atoms with van der Waals surface area (Å²) in [6.45, 7) is 0. The number of aromatic amines is 1. The predicted molar refractivity (Wildman–Crippen MR) is 60.6 cm³/mol. The number of hydrogen-bond acceptors (Lipinski definition) is 3. The Labute approximate surface area is 89.1 Å². The molecule has 15 heavy (non-hydrogen) atoms. The third-order valence-corrected chi connectivity index (χ3v) is 2.42. The van der Waals surface area contributed by atoms with Crippen molar-refractivity contribution < 1.29 is 5.11 Å². The van der Waals surface area contributed by atoms with Crippen LogP contribution in [0.25, 0.3) is 0 Å². The molecule has 0 bridgehead atoms. The molecule has 0 radical (unpaired) electrons. The first kappa shape index (κ1) is 11.8. The Balaban J connectivity index is 0.000000151. The molecular formula is C11H18N2O2. The molecule has 1 aromatic rings. The van der Waals surface area contributed by atoms with Gasteiger partial charge in [0.2, 0.25) is 0 Å². The normalized spacial score (nSPS) is 16.6. The van der Waals surface area contributed by atoms with Gasteiger partial charge in [-0.25, -0.2) is 0 Å². The van der Waals surface area contributed by atoms with Crippen molar-refractivity contribution in [2.75, 3.05) is 5.73 Å². The summed E-state index contributed by atoms with van der Waals surface area (Å²) in [6.07, 6.45) is 7.46. The van der Waals surface area contributed by atoms with Crippen molar-refractivity contribution in [1.82, 2.24) is 4.98 Å². The molecule has 4 heteroatoms. The van der Waals surface area contributed by atoms with Crippen LogP contribution < -0.4 is 11.3 Å². The molecule has 2 rings (SSSR count). The van der Waals surface area contributed by atoms with Crippen molar-refractivity contribution >= 4 is 5.69 Å². The van der Waals surface area contributed by atoms with E-state index in [-0.39, 0.29) is 17.4 Å². The van der Waals surface area contributed by atoms with Crippen LogP contribution in [0.3, 0.4) is 0 Å². The van der Waals surface area contributed by atoms with Gasteiger partial charge in [0.15, 0.2) is 0 Å². The van der Waals surface area contributed by atoms with Crippen molar-refractivity contribution in [2.24, 2.45) is 0 Å². The van der Waals surface area contributed by atoms with E-state index in [9.17, 15) is 4.79 Å². The van der Waals surface area contributed by atoms with Gasteiger partial charge >= 0.3 is 0 Å². The lowest BCUT2D eigenvalue weighted by Crippen LogP contribution is -2.09. The summed E-state index contributed by atoms with van der Waals surface area (Å²) in [5.41, 5.74) is 5.20. The first-order valence-corrected chi connectivity index (χ1v) is 5.31. The monoisotopic (exact) mass is 210 g/mol. The summed E-state index contributed by atoms with van der Waals surface area (Å²) in [5, 5.41) is 8.91. The second-order valence-electron chi connectivity index (χ2n) is 3.75. The van der Waals surface area contributed by atoms with Crippen LogP contribution >= 0.6 is 0 Å². The number of aliphatic hydroxyl groups is 1. The van der Waals surface area contributed by atoms with Crippen LogP contribution in [-0.2, 0) is 0 Å². The fourth-order valence-corrected chi connectivity index (χ4v) is 1.52. The molecule has 1 heterocycles. The molecule has 0 unspecified atom stereocenters. The molecule has 0 aliphatic heterocycles. The van der Waals surface area contributed by atoms with Crippen molar-refractivity contribution in [2.45, 2.75) is 38.2 Å². The van der Waals surface area contributed by atoms with Gasteiger partial charge in [-0.05, 0) is 25.0 Å². The van der Waals surface area contributed by atoms with Gasteiger partial charge in [-0.15, -0.1) is 0 Å². The Morgan fingerprint density at radius 1 is 1.33 bits per heavy atom. The van der Waals surface area contributed by atoms with E-state index in [0.29, 0.717) is 0 Å². The molecular weight excluding hydrogens is 192 g/mol. The van der Waals surface area contributed by atoms with Crippen molar-refractivity contribution in [3.63, 3.8) is 0 Å². The van der Waals surface area contributed by atoms with Crippen molar-refractivity contribution in [3.8, 4) is 0 Å². The standard InChI is InChI=1S/C6H12O.C5H6N2O/c7-6-4-2-1-3-5-6;6-4-2-1-3-7-5(4)8/h6-7H,1-5H2;1-3H,6H2,(H,7,8). The maximum Gasteiger partial charge on any atom is 0.271 e. The summed E-state index contributed by atoms with van der Waals surface area (Å²) in [4.78, 5) is 12.9. The molecule has 1 aliphatic carbocycles. The third kappa shape index (κ3) is 4.65. The molecule has 1 fully saturated rings. The van der Waals surface area contributed by atoms with Crippen LogP contribution in [0.1, 0.15) is 32.1 Å². The van der Waals surface area contributed by atoms with Gasteiger partial charge in [-0.3, -0.25) is 4.79 Å². The highest BCUT2D eigenvalue weighted by molar-refractivity contribution is 5.32. The first-order valence-electron chi connectivity index (χ1n) is 5.31. The van der Waals surface area contributed by atoms with E-state index in [2.05, 4.69) is 4.98 Å². The van der Waals surface area contributed by atoms with Crippen LogP contribution in [0.2, 0.25) is 0 Å². The Morgan fingerprint density at radius 3 is 2.33 bits per heavy atom. The molecule has 0 spiro atoms. The Bertz CT molecular complexity index is 329. The minimum Gasteiger partial charge on any atom is -0.394 e. The molecule has 84 valence electrons. The highest BCUT2D eigenvalue weighted by Gasteiger charge is 2.07. The number of nitrogens with one attached hydrogen (secondary N) is 1. The second-order valence-corrected chi connectivity index (χ2v) is 3.75. The number of nitrogen functional groups attached to an aromatic ring is 1. The zero-order valence-electron chi connectivity index (χ0n) is 8.78. The molecule has 1 aromatic heterocycles. The average molecular weight is 210 g/mol. The zero-order valence-corrected chi connectivity index (χ0v) is 8.78. The fourth-order valence-electron chi connectivity index (χ4n) is 1.52. The van der Waals surface area contributed by atoms with E-state index in [1.807, 2.05) is 0 Å². The van der Waals surface area contributed by atoms with E-state index >= 15 is 0 Å². The number of anilines is 1. The van der Waals surface area contributed by atoms with Gasteiger partial charge in [0.1, 0.15) is 0 Å². The molecule has 0 aromatic carbocycles. The number of H-pyrrole nitrogens is 1. The lowest BCUT2D eigenvalue weighted by atomic mass is 9.98. The van der Waals surface area contributed by atoms with Gasteiger partial charge in [-0.1, -0.05) is 19.3 Å². The SMILES string of the molecule is Nc1ccc[nH]c1=O.OC1CCCCC1. The summed E-state index contributed by atoms with van der Waals surface area (Å²) in [5.74, 6) is 0. The van der Waals surface area contributed by atoms with Gasteiger partial charge < -0.3 is 15.8 Å². The van der Waals surface area contributed by atoms with Crippen LogP contribution in [0, 0.1) is 0 Å².